The molecule has 17 heavy (non-hydrogen) atoms. The molecule has 0 saturated carbocycles. The van der Waals surface area contributed by atoms with E-state index in [0.29, 0.717) is 6.04 Å². The van der Waals surface area contributed by atoms with Crippen molar-refractivity contribution in [1.29, 1.82) is 0 Å². The first-order valence-corrected chi connectivity index (χ1v) is 6.03. The van der Waals surface area contributed by atoms with Gasteiger partial charge in [0, 0.05) is 6.04 Å². The van der Waals surface area contributed by atoms with Gasteiger partial charge in [-0.15, -0.1) is 0 Å². The molecule has 0 aromatic heterocycles. The number of anilines is 1. The third kappa shape index (κ3) is 2.82. The molecule has 1 fully saturated rings. The molecule has 0 bridgehead atoms. The van der Waals surface area contributed by atoms with E-state index in [1.165, 1.54) is 0 Å². The Labute approximate surface area is 102 Å². The monoisotopic (exact) mass is 236 g/mol. The van der Waals surface area contributed by atoms with Crippen molar-refractivity contribution < 1.29 is 9.47 Å². The Morgan fingerprint density at radius 2 is 1.94 bits per heavy atom. The fourth-order valence-corrected chi connectivity index (χ4v) is 2.19. The molecule has 1 aromatic carbocycles. The Balaban J connectivity index is 2.13. The third-order valence-corrected chi connectivity index (χ3v) is 3.10. The average Bonchev–Trinajstić information content (AvgIpc) is 2.39. The summed E-state index contributed by atoms with van der Waals surface area (Å²) in [6.45, 7) is 2.15. The highest BCUT2D eigenvalue weighted by Crippen LogP contribution is 2.35. The van der Waals surface area contributed by atoms with E-state index >= 15 is 0 Å². The maximum Gasteiger partial charge on any atom is 0.183 e. The van der Waals surface area contributed by atoms with Crippen LogP contribution in [0.2, 0.25) is 0 Å². The van der Waals surface area contributed by atoms with Crippen molar-refractivity contribution in [1.82, 2.24) is 5.32 Å². The summed E-state index contributed by atoms with van der Waals surface area (Å²) in [4.78, 5) is 0. The summed E-state index contributed by atoms with van der Waals surface area (Å²) < 4.78 is 10.7. The predicted molar refractivity (Wildman–Crippen MR) is 69.1 cm³/mol. The predicted octanol–water partition coefficient (Wildman–Crippen LogP) is 1.87. The van der Waals surface area contributed by atoms with E-state index in [-0.39, 0.29) is 0 Å². The van der Waals surface area contributed by atoms with Crippen molar-refractivity contribution >= 4 is 5.69 Å². The van der Waals surface area contributed by atoms with Crippen LogP contribution >= 0.6 is 0 Å². The van der Waals surface area contributed by atoms with Crippen LogP contribution in [0.15, 0.2) is 18.2 Å². The molecule has 4 heteroatoms. The standard InChI is InChI=1S/C13H20N2O2/c1-16-12-5-3-4-11(13(12)17-2)15-10-6-8-14-9-7-10/h3-5,10,14-15H,6-9H2,1-2H3. The van der Waals surface area contributed by atoms with Crippen molar-refractivity contribution in [2.24, 2.45) is 0 Å². The minimum atomic E-state index is 0.511. The van der Waals surface area contributed by atoms with Crippen molar-refractivity contribution in [3.05, 3.63) is 18.2 Å². The molecule has 0 atom stereocenters. The second-order valence-electron chi connectivity index (χ2n) is 4.21. The third-order valence-electron chi connectivity index (χ3n) is 3.10. The molecule has 0 aliphatic carbocycles. The molecular formula is C13H20N2O2. The van der Waals surface area contributed by atoms with Gasteiger partial charge in [-0.05, 0) is 38.1 Å². The van der Waals surface area contributed by atoms with Gasteiger partial charge in [-0.25, -0.2) is 0 Å². The summed E-state index contributed by atoms with van der Waals surface area (Å²) in [5.41, 5.74) is 1.01. The summed E-state index contributed by atoms with van der Waals surface area (Å²) in [7, 11) is 3.33. The summed E-state index contributed by atoms with van der Waals surface area (Å²) in [6, 6.07) is 6.43. The van der Waals surface area contributed by atoms with Crippen molar-refractivity contribution in [3.8, 4) is 11.5 Å². The van der Waals surface area contributed by atoms with Crippen LogP contribution in [-0.4, -0.2) is 33.4 Å². The molecule has 2 N–H and O–H groups in total. The molecule has 0 radical (unpaired) electrons. The Kier molecular flexibility index (Phi) is 4.09. The number of ether oxygens (including phenoxy) is 2. The highest BCUT2D eigenvalue weighted by molar-refractivity contribution is 5.63. The Morgan fingerprint density at radius 1 is 1.18 bits per heavy atom. The number of hydrogen-bond donors (Lipinski definition) is 2. The molecule has 1 aliphatic heterocycles. The Bertz CT molecular complexity index is 362. The van der Waals surface area contributed by atoms with Gasteiger partial charge in [0.1, 0.15) is 0 Å². The highest BCUT2D eigenvalue weighted by atomic mass is 16.5. The zero-order chi connectivity index (χ0) is 12.1. The number of benzene rings is 1. The van der Waals surface area contributed by atoms with Gasteiger partial charge in [-0.3, -0.25) is 0 Å². The maximum atomic E-state index is 5.41. The second kappa shape index (κ2) is 5.77. The lowest BCUT2D eigenvalue weighted by atomic mass is 10.1. The van der Waals surface area contributed by atoms with Crippen LogP contribution in [0.25, 0.3) is 0 Å². The Morgan fingerprint density at radius 3 is 2.59 bits per heavy atom. The van der Waals surface area contributed by atoms with E-state index < -0.39 is 0 Å². The normalized spacial score (nSPS) is 16.6. The molecule has 1 aromatic rings. The van der Waals surface area contributed by atoms with E-state index in [2.05, 4.69) is 10.6 Å². The molecule has 4 nitrogen and oxygen atoms in total. The first-order valence-electron chi connectivity index (χ1n) is 6.03. The fourth-order valence-electron chi connectivity index (χ4n) is 2.19. The van der Waals surface area contributed by atoms with E-state index in [4.69, 9.17) is 9.47 Å². The first-order chi connectivity index (χ1) is 8.35. The SMILES string of the molecule is COc1cccc(NC2CCNCC2)c1OC. The lowest BCUT2D eigenvalue weighted by Crippen LogP contribution is -2.35. The highest BCUT2D eigenvalue weighted by Gasteiger charge is 2.16. The summed E-state index contributed by atoms with van der Waals surface area (Å²) in [6.07, 6.45) is 2.28. The number of hydrogen-bond acceptors (Lipinski definition) is 4. The van der Waals surface area contributed by atoms with E-state index in [9.17, 15) is 0 Å². The van der Waals surface area contributed by atoms with Gasteiger partial charge in [0.25, 0.3) is 0 Å². The van der Waals surface area contributed by atoms with Gasteiger partial charge < -0.3 is 20.1 Å². The number of piperidine rings is 1. The topological polar surface area (TPSA) is 42.5 Å². The van der Waals surface area contributed by atoms with Crippen molar-refractivity contribution in [3.63, 3.8) is 0 Å². The van der Waals surface area contributed by atoms with Crippen LogP contribution in [0, 0.1) is 0 Å². The molecule has 0 amide bonds. The summed E-state index contributed by atoms with van der Waals surface area (Å²) >= 11 is 0. The molecule has 1 saturated heterocycles. The fraction of sp³-hybridized carbons (Fsp3) is 0.538. The molecule has 2 rings (SSSR count). The molecule has 0 unspecified atom stereocenters. The van der Waals surface area contributed by atoms with E-state index in [1.54, 1.807) is 14.2 Å². The van der Waals surface area contributed by atoms with E-state index in [0.717, 1.165) is 43.1 Å². The minimum absolute atomic E-state index is 0.511. The van der Waals surface area contributed by atoms with E-state index in [1.807, 2.05) is 18.2 Å². The Hall–Kier alpha value is -1.42. The largest absolute Gasteiger partial charge is 0.493 e. The molecule has 1 aliphatic rings. The van der Waals surface area contributed by atoms with Crippen LogP contribution in [-0.2, 0) is 0 Å². The van der Waals surface area contributed by atoms with Gasteiger partial charge in [-0.1, -0.05) is 6.07 Å². The molecule has 1 heterocycles. The molecule has 94 valence electrons. The van der Waals surface area contributed by atoms with Gasteiger partial charge in [-0.2, -0.15) is 0 Å². The quantitative estimate of drug-likeness (QED) is 0.837. The second-order valence-corrected chi connectivity index (χ2v) is 4.21. The number of para-hydroxylation sites is 1. The molecular weight excluding hydrogens is 216 g/mol. The lowest BCUT2D eigenvalue weighted by molar-refractivity contribution is 0.355. The van der Waals surface area contributed by atoms with Crippen molar-refractivity contribution in [2.45, 2.75) is 18.9 Å². The van der Waals surface area contributed by atoms with Crippen LogP contribution in [0.3, 0.4) is 0 Å². The van der Waals surface area contributed by atoms with Gasteiger partial charge in [0.15, 0.2) is 11.5 Å². The van der Waals surface area contributed by atoms with Crippen molar-refractivity contribution in [2.75, 3.05) is 32.6 Å². The van der Waals surface area contributed by atoms with Gasteiger partial charge in [0.05, 0.1) is 19.9 Å². The van der Waals surface area contributed by atoms with Crippen LogP contribution < -0.4 is 20.1 Å². The average molecular weight is 236 g/mol. The van der Waals surface area contributed by atoms with Gasteiger partial charge in [0.2, 0.25) is 0 Å². The summed E-state index contributed by atoms with van der Waals surface area (Å²) in [5.74, 6) is 1.56. The van der Waals surface area contributed by atoms with Crippen LogP contribution in [0.5, 0.6) is 11.5 Å². The zero-order valence-corrected chi connectivity index (χ0v) is 10.5. The number of methoxy groups -OCH3 is 2. The molecule has 0 spiro atoms. The summed E-state index contributed by atoms with van der Waals surface area (Å²) in [5, 5.41) is 6.89. The number of rotatable bonds is 4. The smallest absolute Gasteiger partial charge is 0.183 e. The number of nitrogens with one attached hydrogen (secondary N) is 2. The zero-order valence-electron chi connectivity index (χ0n) is 10.5. The van der Waals surface area contributed by atoms with Crippen LogP contribution in [0.4, 0.5) is 5.69 Å². The van der Waals surface area contributed by atoms with Crippen LogP contribution in [0.1, 0.15) is 12.8 Å². The maximum absolute atomic E-state index is 5.41. The van der Waals surface area contributed by atoms with Gasteiger partial charge >= 0.3 is 0 Å². The first kappa shape index (κ1) is 12.0. The minimum Gasteiger partial charge on any atom is -0.493 e. The lowest BCUT2D eigenvalue weighted by Gasteiger charge is -2.25.